The summed E-state index contributed by atoms with van der Waals surface area (Å²) in [4.78, 5) is 23.8. The summed E-state index contributed by atoms with van der Waals surface area (Å²) in [7, 11) is 0. The number of rotatable bonds is 4. The van der Waals surface area contributed by atoms with Crippen LogP contribution >= 0.6 is 0 Å². The highest BCUT2D eigenvalue weighted by Gasteiger charge is 2.21. The molecule has 2 rings (SSSR count). The van der Waals surface area contributed by atoms with Crippen LogP contribution < -0.4 is 5.69 Å². The van der Waals surface area contributed by atoms with E-state index in [1.54, 1.807) is 17.0 Å². The predicted octanol–water partition coefficient (Wildman–Crippen LogP) is 1.82. The van der Waals surface area contributed by atoms with Gasteiger partial charge in [-0.1, -0.05) is 19.3 Å². The number of carbonyl (C=O) groups excluding carboxylic acids is 1. The van der Waals surface area contributed by atoms with Crippen molar-refractivity contribution in [3.05, 3.63) is 22.9 Å². The number of carbonyl (C=O) groups is 1. The van der Waals surface area contributed by atoms with Crippen molar-refractivity contribution in [2.45, 2.75) is 52.1 Å². The molecule has 0 amide bonds. The summed E-state index contributed by atoms with van der Waals surface area (Å²) in [6.45, 7) is 2.83. The van der Waals surface area contributed by atoms with Crippen molar-refractivity contribution < 1.29 is 4.79 Å². The van der Waals surface area contributed by atoms with Gasteiger partial charge in [-0.2, -0.15) is 0 Å². The van der Waals surface area contributed by atoms with Crippen LogP contribution in [0.1, 0.15) is 39.0 Å². The molecule has 0 aromatic carbocycles. The third kappa shape index (κ3) is 2.68. The van der Waals surface area contributed by atoms with Gasteiger partial charge in [0.1, 0.15) is 0 Å². The second-order valence-electron chi connectivity index (χ2n) is 4.80. The van der Waals surface area contributed by atoms with Gasteiger partial charge >= 0.3 is 5.69 Å². The van der Waals surface area contributed by atoms with Crippen LogP contribution in [0.5, 0.6) is 0 Å². The van der Waals surface area contributed by atoms with E-state index in [0.29, 0.717) is 6.54 Å². The van der Waals surface area contributed by atoms with Gasteiger partial charge in [-0.05, 0) is 19.8 Å². The molecule has 0 atom stereocenters. The van der Waals surface area contributed by atoms with Crippen LogP contribution in [-0.4, -0.2) is 14.9 Å². The van der Waals surface area contributed by atoms with Gasteiger partial charge in [-0.15, -0.1) is 0 Å². The van der Waals surface area contributed by atoms with E-state index in [0.717, 1.165) is 25.7 Å². The molecule has 0 radical (unpaired) electrons. The molecule has 1 heterocycles. The molecule has 4 nitrogen and oxygen atoms in total. The van der Waals surface area contributed by atoms with Crippen LogP contribution in [0.2, 0.25) is 0 Å². The lowest BCUT2D eigenvalue weighted by Gasteiger charge is -2.20. The zero-order valence-corrected chi connectivity index (χ0v) is 10.4. The van der Waals surface area contributed by atoms with Crippen LogP contribution in [0, 0.1) is 5.92 Å². The minimum Gasteiger partial charge on any atom is -0.300 e. The van der Waals surface area contributed by atoms with E-state index >= 15 is 0 Å². The van der Waals surface area contributed by atoms with E-state index < -0.39 is 0 Å². The fourth-order valence-electron chi connectivity index (χ4n) is 2.54. The molecule has 1 saturated carbocycles. The van der Waals surface area contributed by atoms with Crippen LogP contribution in [0.15, 0.2) is 17.2 Å². The molecule has 94 valence electrons. The van der Waals surface area contributed by atoms with Crippen molar-refractivity contribution >= 4 is 5.78 Å². The molecule has 0 aliphatic heterocycles. The Morgan fingerprint density at radius 2 is 1.88 bits per heavy atom. The second kappa shape index (κ2) is 5.34. The van der Waals surface area contributed by atoms with Crippen molar-refractivity contribution in [3.63, 3.8) is 0 Å². The molecule has 1 aliphatic carbocycles. The third-order valence-electron chi connectivity index (χ3n) is 3.65. The summed E-state index contributed by atoms with van der Waals surface area (Å²) < 4.78 is 3.15. The number of aromatic nitrogens is 2. The lowest BCUT2D eigenvalue weighted by molar-refractivity contribution is -0.124. The number of nitrogens with zero attached hydrogens (tertiary/aromatic N) is 2. The Balaban J connectivity index is 2.02. The monoisotopic (exact) mass is 236 g/mol. The summed E-state index contributed by atoms with van der Waals surface area (Å²) in [5, 5.41) is 0. The lowest BCUT2D eigenvalue weighted by atomic mass is 9.86. The first-order chi connectivity index (χ1) is 8.22. The Kier molecular flexibility index (Phi) is 3.82. The summed E-state index contributed by atoms with van der Waals surface area (Å²) in [5.41, 5.74) is -0.0725. The van der Waals surface area contributed by atoms with Gasteiger partial charge < -0.3 is 0 Å². The minimum atomic E-state index is -0.0725. The maximum Gasteiger partial charge on any atom is 0.328 e. The Bertz CT molecular complexity index is 439. The Morgan fingerprint density at radius 3 is 2.47 bits per heavy atom. The smallest absolute Gasteiger partial charge is 0.300 e. The zero-order chi connectivity index (χ0) is 12.3. The topological polar surface area (TPSA) is 44.0 Å². The standard InChI is InChI=1S/C13H20N2O2/c1-2-14-8-9-15(13(14)17)10-12(16)11-6-4-3-5-7-11/h8-9,11H,2-7,10H2,1H3. The van der Waals surface area contributed by atoms with Crippen LogP contribution in [0.3, 0.4) is 0 Å². The molecule has 17 heavy (non-hydrogen) atoms. The number of imidazole rings is 1. The van der Waals surface area contributed by atoms with Gasteiger partial charge in [-0.3, -0.25) is 13.9 Å². The molecule has 4 heteroatoms. The zero-order valence-electron chi connectivity index (χ0n) is 10.4. The molecule has 1 aliphatic rings. The Morgan fingerprint density at radius 1 is 1.24 bits per heavy atom. The molecule has 0 unspecified atom stereocenters. The van der Waals surface area contributed by atoms with E-state index in [9.17, 15) is 9.59 Å². The number of ketones is 1. The van der Waals surface area contributed by atoms with E-state index in [4.69, 9.17) is 0 Å². The molecule has 0 saturated heterocycles. The number of hydrogen-bond acceptors (Lipinski definition) is 2. The molecule has 0 N–H and O–H groups in total. The SMILES string of the molecule is CCn1ccn(CC(=O)C2CCCCC2)c1=O. The maximum atomic E-state index is 12.0. The second-order valence-corrected chi connectivity index (χ2v) is 4.80. The fraction of sp³-hybridized carbons (Fsp3) is 0.692. The largest absolute Gasteiger partial charge is 0.328 e. The normalized spacial score (nSPS) is 17.2. The van der Waals surface area contributed by atoms with E-state index in [1.165, 1.54) is 11.0 Å². The number of hydrogen-bond donors (Lipinski definition) is 0. The highest BCUT2D eigenvalue weighted by atomic mass is 16.2. The first kappa shape index (κ1) is 12.1. The van der Waals surface area contributed by atoms with Gasteiger partial charge in [0, 0.05) is 24.9 Å². The summed E-state index contributed by atoms with van der Waals surface area (Å²) in [6.07, 6.45) is 9.02. The highest BCUT2D eigenvalue weighted by Crippen LogP contribution is 2.24. The molecular weight excluding hydrogens is 216 g/mol. The first-order valence-corrected chi connectivity index (χ1v) is 6.50. The minimum absolute atomic E-state index is 0.0725. The molecule has 0 spiro atoms. The van der Waals surface area contributed by atoms with Gasteiger partial charge in [-0.25, -0.2) is 4.79 Å². The summed E-state index contributed by atoms with van der Waals surface area (Å²) in [6, 6.07) is 0. The molecular formula is C13H20N2O2. The fourth-order valence-corrected chi connectivity index (χ4v) is 2.54. The summed E-state index contributed by atoms with van der Waals surface area (Å²) >= 11 is 0. The molecule has 0 bridgehead atoms. The number of aryl methyl sites for hydroxylation is 1. The predicted molar refractivity (Wildman–Crippen MR) is 65.9 cm³/mol. The van der Waals surface area contributed by atoms with Crippen molar-refractivity contribution in [1.29, 1.82) is 0 Å². The van der Waals surface area contributed by atoms with E-state index in [-0.39, 0.29) is 23.9 Å². The van der Waals surface area contributed by atoms with Gasteiger partial charge in [0.05, 0.1) is 6.54 Å². The van der Waals surface area contributed by atoms with Crippen molar-refractivity contribution in [2.24, 2.45) is 5.92 Å². The van der Waals surface area contributed by atoms with Gasteiger partial charge in [0.15, 0.2) is 5.78 Å². The summed E-state index contributed by atoms with van der Waals surface area (Å²) in [5.74, 6) is 0.404. The van der Waals surface area contributed by atoms with E-state index in [2.05, 4.69) is 0 Å². The van der Waals surface area contributed by atoms with Crippen molar-refractivity contribution in [1.82, 2.24) is 9.13 Å². The number of Topliss-reactive ketones (excluding diaryl/α,β-unsaturated/α-hetero) is 1. The molecule has 1 aromatic heterocycles. The lowest BCUT2D eigenvalue weighted by Crippen LogP contribution is -2.29. The third-order valence-corrected chi connectivity index (χ3v) is 3.65. The molecule has 1 aromatic rings. The average molecular weight is 236 g/mol. The quantitative estimate of drug-likeness (QED) is 0.800. The van der Waals surface area contributed by atoms with Gasteiger partial charge in [0.25, 0.3) is 0 Å². The average Bonchev–Trinajstić information content (AvgIpc) is 2.71. The van der Waals surface area contributed by atoms with Crippen LogP contribution in [0.4, 0.5) is 0 Å². The maximum absolute atomic E-state index is 12.0. The van der Waals surface area contributed by atoms with Crippen molar-refractivity contribution in [2.75, 3.05) is 0 Å². The molecule has 1 fully saturated rings. The Labute approximate surface area is 101 Å². The first-order valence-electron chi connectivity index (χ1n) is 6.50. The van der Waals surface area contributed by atoms with Crippen LogP contribution in [0.25, 0.3) is 0 Å². The van der Waals surface area contributed by atoms with Crippen molar-refractivity contribution in [3.8, 4) is 0 Å². The Hall–Kier alpha value is -1.32. The van der Waals surface area contributed by atoms with Crippen LogP contribution in [-0.2, 0) is 17.9 Å². The van der Waals surface area contributed by atoms with Gasteiger partial charge in [0.2, 0.25) is 0 Å². The highest BCUT2D eigenvalue weighted by molar-refractivity contribution is 5.80. The van der Waals surface area contributed by atoms with E-state index in [1.807, 2.05) is 6.92 Å².